The van der Waals surface area contributed by atoms with Gasteiger partial charge in [-0.2, -0.15) is 8.78 Å². The Hall–Kier alpha value is -1.14. The first kappa shape index (κ1) is 17.7. The molecule has 0 bridgehead atoms. The van der Waals surface area contributed by atoms with Crippen LogP contribution in [0.3, 0.4) is 0 Å². The fourth-order valence-electron chi connectivity index (χ4n) is 4.02. The average molecular weight is 354 g/mol. The van der Waals surface area contributed by atoms with E-state index >= 15 is 0 Å². The van der Waals surface area contributed by atoms with E-state index in [9.17, 15) is 13.6 Å². The van der Waals surface area contributed by atoms with E-state index < -0.39 is 5.76 Å². The molecule has 6 heteroatoms. The van der Waals surface area contributed by atoms with Gasteiger partial charge in [-0.15, -0.1) is 0 Å². The van der Waals surface area contributed by atoms with Crippen molar-refractivity contribution in [1.29, 1.82) is 0 Å². The molecular formula is C18H24F2N2OS. The number of rotatable bonds is 5. The Morgan fingerprint density at radius 3 is 2.83 bits per heavy atom. The van der Waals surface area contributed by atoms with Gasteiger partial charge in [0.15, 0.2) is 0 Å². The molecule has 3 atom stereocenters. The predicted octanol–water partition coefficient (Wildman–Crippen LogP) is 4.01. The van der Waals surface area contributed by atoms with E-state index in [4.69, 9.17) is 5.73 Å². The smallest absolute Gasteiger partial charge is 0.288 e. The minimum Gasteiger partial charge on any atom is -0.369 e. The van der Waals surface area contributed by atoms with Crippen molar-refractivity contribution < 1.29 is 13.6 Å². The number of hydrogen-bond donors (Lipinski definition) is 2. The maximum absolute atomic E-state index is 12.6. The van der Waals surface area contributed by atoms with Gasteiger partial charge in [-0.3, -0.25) is 4.79 Å². The van der Waals surface area contributed by atoms with Crippen LogP contribution >= 0.6 is 11.8 Å². The summed E-state index contributed by atoms with van der Waals surface area (Å²) in [6.07, 6.45) is 6.83. The fraction of sp³-hybridized carbons (Fsp3) is 0.611. The van der Waals surface area contributed by atoms with Crippen molar-refractivity contribution in [3.05, 3.63) is 29.3 Å². The highest BCUT2D eigenvalue weighted by atomic mass is 32.2. The summed E-state index contributed by atoms with van der Waals surface area (Å²) in [4.78, 5) is 12.1. The maximum Gasteiger partial charge on any atom is 0.288 e. The van der Waals surface area contributed by atoms with Crippen molar-refractivity contribution in [2.24, 2.45) is 11.7 Å². The Labute approximate surface area is 145 Å². The SMILES string of the molecule is NC(=O)[C@@H]1CCC[C@@H](N[C@@H]2CCCc3cc(SC(F)F)ccc32)C1. The van der Waals surface area contributed by atoms with Crippen molar-refractivity contribution in [3.8, 4) is 0 Å². The highest BCUT2D eigenvalue weighted by Crippen LogP contribution is 2.35. The molecule has 1 aromatic carbocycles. The lowest BCUT2D eigenvalue weighted by Gasteiger charge is -2.34. The first-order valence-corrected chi connectivity index (χ1v) is 9.54. The molecule has 2 aliphatic rings. The standard InChI is InChI=1S/C18H24F2N2OS/c19-18(20)24-14-7-8-15-11(10-14)3-2-6-16(15)22-13-5-1-4-12(9-13)17(21)23/h7-8,10,12-13,16,18,22H,1-6,9H2,(H2,21,23)/t12-,13-,16-/m1/s1. The van der Waals surface area contributed by atoms with E-state index in [0.29, 0.717) is 22.7 Å². The van der Waals surface area contributed by atoms with Gasteiger partial charge in [-0.05, 0) is 61.8 Å². The number of alkyl halides is 2. The molecule has 0 aromatic heterocycles. The van der Waals surface area contributed by atoms with Gasteiger partial charge in [0.05, 0.1) is 0 Å². The van der Waals surface area contributed by atoms with Gasteiger partial charge >= 0.3 is 0 Å². The van der Waals surface area contributed by atoms with E-state index in [2.05, 4.69) is 5.32 Å². The zero-order valence-corrected chi connectivity index (χ0v) is 14.5. The third-order valence-corrected chi connectivity index (χ3v) is 5.87. The fourth-order valence-corrected chi connectivity index (χ4v) is 4.59. The summed E-state index contributed by atoms with van der Waals surface area (Å²) in [5.41, 5.74) is 7.86. The maximum atomic E-state index is 12.6. The van der Waals surface area contributed by atoms with Crippen LogP contribution in [0.5, 0.6) is 0 Å². The number of carbonyl (C=O) groups is 1. The van der Waals surface area contributed by atoms with Crippen LogP contribution < -0.4 is 11.1 Å². The first-order chi connectivity index (χ1) is 11.5. The highest BCUT2D eigenvalue weighted by molar-refractivity contribution is 7.99. The molecule has 132 valence electrons. The Kier molecular flexibility index (Phi) is 5.76. The lowest BCUT2D eigenvalue weighted by molar-refractivity contribution is -0.123. The lowest BCUT2D eigenvalue weighted by atomic mass is 9.82. The molecule has 3 nitrogen and oxygen atoms in total. The van der Waals surface area contributed by atoms with E-state index in [-0.39, 0.29) is 17.9 Å². The van der Waals surface area contributed by atoms with Gasteiger partial charge in [-0.1, -0.05) is 24.2 Å². The normalized spacial score (nSPS) is 27.0. The third-order valence-electron chi connectivity index (χ3n) is 5.17. The molecule has 0 heterocycles. The molecular weight excluding hydrogens is 330 g/mol. The summed E-state index contributed by atoms with van der Waals surface area (Å²) in [6, 6.07) is 6.25. The number of nitrogens with one attached hydrogen (secondary N) is 1. The van der Waals surface area contributed by atoms with Crippen LogP contribution in [0.4, 0.5) is 8.78 Å². The van der Waals surface area contributed by atoms with Gasteiger partial charge in [0, 0.05) is 22.9 Å². The quantitative estimate of drug-likeness (QED) is 0.786. The summed E-state index contributed by atoms with van der Waals surface area (Å²) in [7, 11) is 0. The van der Waals surface area contributed by atoms with Crippen molar-refractivity contribution in [3.63, 3.8) is 0 Å². The molecule has 0 spiro atoms. The van der Waals surface area contributed by atoms with Gasteiger partial charge in [0.2, 0.25) is 5.91 Å². The predicted molar refractivity (Wildman–Crippen MR) is 92.1 cm³/mol. The summed E-state index contributed by atoms with van der Waals surface area (Å²) in [6.45, 7) is 0. The largest absolute Gasteiger partial charge is 0.369 e. The molecule has 0 saturated heterocycles. The minimum absolute atomic E-state index is 0.0240. The van der Waals surface area contributed by atoms with Gasteiger partial charge < -0.3 is 11.1 Å². The van der Waals surface area contributed by atoms with E-state index in [1.54, 1.807) is 6.07 Å². The van der Waals surface area contributed by atoms with Crippen molar-refractivity contribution >= 4 is 17.7 Å². The number of thioether (sulfide) groups is 1. The number of hydrogen-bond acceptors (Lipinski definition) is 3. The van der Waals surface area contributed by atoms with E-state index in [1.165, 1.54) is 11.1 Å². The Bertz CT molecular complexity index is 596. The number of amides is 1. The number of nitrogens with two attached hydrogens (primary N) is 1. The molecule has 1 amide bonds. The Balaban J connectivity index is 1.69. The zero-order valence-electron chi connectivity index (χ0n) is 13.6. The number of halogens is 2. The number of aryl methyl sites for hydroxylation is 1. The van der Waals surface area contributed by atoms with Gasteiger partial charge in [0.1, 0.15) is 0 Å². The molecule has 24 heavy (non-hydrogen) atoms. The molecule has 1 saturated carbocycles. The molecule has 3 N–H and O–H groups in total. The zero-order chi connectivity index (χ0) is 17.1. The number of primary amides is 1. The number of fused-ring (bicyclic) bond motifs is 1. The van der Waals surface area contributed by atoms with Crippen LogP contribution in [0.2, 0.25) is 0 Å². The highest BCUT2D eigenvalue weighted by Gasteiger charge is 2.29. The van der Waals surface area contributed by atoms with Crippen LogP contribution in [0.15, 0.2) is 23.1 Å². The molecule has 0 radical (unpaired) electrons. The third kappa shape index (κ3) is 4.28. The van der Waals surface area contributed by atoms with Crippen LogP contribution in [0, 0.1) is 5.92 Å². The topological polar surface area (TPSA) is 55.1 Å². The summed E-state index contributed by atoms with van der Waals surface area (Å²) in [5.74, 6) is -2.60. The lowest BCUT2D eigenvalue weighted by Crippen LogP contribution is -2.40. The van der Waals surface area contributed by atoms with Crippen LogP contribution in [-0.2, 0) is 11.2 Å². The molecule has 1 aromatic rings. The Morgan fingerprint density at radius 2 is 2.08 bits per heavy atom. The van der Waals surface area contributed by atoms with Crippen LogP contribution in [0.25, 0.3) is 0 Å². The number of carbonyl (C=O) groups excluding carboxylic acids is 1. The van der Waals surface area contributed by atoms with Crippen molar-refractivity contribution in [2.75, 3.05) is 0 Å². The molecule has 1 fully saturated rings. The molecule has 2 aliphatic carbocycles. The monoisotopic (exact) mass is 354 g/mol. The van der Waals surface area contributed by atoms with Crippen molar-refractivity contribution in [1.82, 2.24) is 5.32 Å². The summed E-state index contributed by atoms with van der Waals surface area (Å²) in [5, 5.41) is 3.70. The van der Waals surface area contributed by atoms with Crippen molar-refractivity contribution in [2.45, 2.75) is 67.7 Å². The molecule has 0 unspecified atom stereocenters. The summed E-state index contributed by atoms with van der Waals surface area (Å²) >= 11 is 0.607. The second kappa shape index (κ2) is 7.83. The molecule has 3 rings (SSSR count). The van der Waals surface area contributed by atoms with Crippen LogP contribution in [-0.4, -0.2) is 17.7 Å². The second-order valence-electron chi connectivity index (χ2n) is 6.81. The second-order valence-corrected chi connectivity index (χ2v) is 7.88. The summed E-state index contributed by atoms with van der Waals surface area (Å²) < 4.78 is 25.1. The van der Waals surface area contributed by atoms with Gasteiger partial charge in [0.25, 0.3) is 5.76 Å². The average Bonchev–Trinajstić information content (AvgIpc) is 2.54. The van der Waals surface area contributed by atoms with E-state index in [1.807, 2.05) is 12.1 Å². The minimum atomic E-state index is -2.38. The van der Waals surface area contributed by atoms with Crippen LogP contribution in [0.1, 0.15) is 55.7 Å². The molecule has 0 aliphatic heterocycles. The number of benzene rings is 1. The van der Waals surface area contributed by atoms with E-state index in [0.717, 1.165) is 44.9 Å². The first-order valence-electron chi connectivity index (χ1n) is 8.66. The van der Waals surface area contributed by atoms with Gasteiger partial charge in [-0.25, -0.2) is 0 Å². The Morgan fingerprint density at radius 1 is 1.25 bits per heavy atom.